The lowest BCUT2D eigenvalue weighted by molar-refractivity contribution is -0.540. The van der Waals surface area contributed by atoms with Crippen LogP contribution in [0.15, 0.2) is 48.8 Å². The molecule has 0 aliphatic carbocycles. The zero-order valence-corrected chi connectivity index (χ0v) is 13.0. The highest BCUT2D eigenvalue weighted by atomic mass is 35.5. The minimum Gasteiger partial charge on any atom is -0.399 e. The zero-order valence-electron chi connectivity index (χ0n) is 12.3. The summed E-state index contributed by atoms with van der Waals surface area (Å²) in [7, 11) is 2.04. The van der Waals surface area contributed by atoms with Gasteiger partial charge in [0.05, 0.1) is 31.0 Å². The van der Waals surface area contributed by atoms with Gasteiger partial charge in [-0.05, 0) is 24.3 Å². The Hall–Kier alpha value is -2.04. The van der Waals surface area contributed by atoms with Crippen molar-refractivity contribution in [1.82, 2.24) is 9.55 Å². The second-order valence-electron chi connectivity index (χ2n) is 4.61. The quantitative estimate of drug-likeness (QED) is 0.576. The highest BCUT2D eigenvalue weighted by Crippen LogP contribution is 2.19. The van der Waals surface area contributed by atoms with E-state index in [1.807, 2.05) is 43.7 Å². The molecule has 0 fully saturated rings. The van der Waals surface area contributed by atoms with E-state index < -0.39 is 0 Å². The second-order valence-corrected chi connectivity index (χ2v) is 4.61. The van der Waals surface area contributed by atoms with E-state index in [1.54, 1.807) is 0 Å². The molecule has 1 aromatic heterocycles. The van der Waals surface area contributed by atoms with E-state index in [-0.39, 0.29) is 0 Å². The monoisotopic (exact) mass is 303 g/mol. The molecule has 4 N–H and O–H groups in total. The van der Waals surface area contributed by atoms with Gasteiger partial charge in [0.25, 0.3) is 0 Å². The van der Waals surface area contributed by atoms with E-state index in [1.165, 1.54) is 17.6 Å². The van der Waals surface area contributed by atoms with Crippen LogP contribution in [0.2, 0.25) is 0 Å². The summed E-state index contributed by atoms with van der Waals surface area (Å²) >= 11 is 4.64. The minimum atomic E-state index is 0.783. The van der Waals surface area contributed by atoms with E-state index in [9.17, 15) is 0 Å². The lowest BCUT2D eigenvalue weighted by atomic mass is 10.1. The normalized spacial score (nSPS) is 10.2. The molecule has 5 heteroatoms. The molecule has 0 saturated carbocycles. The van der Waals surface area contributed by atoms with Crippen LogP contribution in [0.4, 0.5) is 11.4 Å². The number of nitrogens with two attached hydrogens (primary N) is 2. The Morgan fingerprint density at radius 1 is 1.19 bits per heavy atom. The van der Waals surface area contributed by atoms with E-state index in [0.29, 0.717) is 0 Å². The maximum absolute atomic E-state index is 5.89. The molecule has 3 rings (SSSR count). The fourth-order valence-corrected chi connectivity index (χ4v) is 2.36. The SMILES string of the molecule is CCl.C[NH2+]c1ccc(N)cc1Cn1cnc2ccccc21. The fourth-order valence-electron chi connectivity index (χ4n) is 2.36. The largest absolute Gasteiger partial charge is 0.399 e. The van der Waals surface area contributed by atoms with Crippen molar-refractivity contribution in [2.45, 2.75) is 6.54 Å². The van der Waals surface area contributed by atoms with Crippen LogP contribution < -0.4 is 11.1 Å². The molecule has 0 saturated heterocycles. The fraction of sp³-hybridized carbons (Fsp3) is 0.188. The number of nitrogens with zero attached hydrogens (tertiary/aromatic N) is 2. The smallest absolute Gasteiger partial charge is 0.134 e. The van der Waals surface area contributed by atoms with Crippen LogP contribution in [0.5, 0.6) is 0 Å². The first-order chi connectivity index (χ1) is 10.3. The first-order valence-electron chi connectivity index (χ1n) is 6.73. The molecule has 3 aromatic rings. The van der Waals surface area contributed by atoms with Gasteiger partial charge in [0.1, 0.15) is 5.69 Å². The van der Waals surface area contributed by atoms with Gasteiger partial charge in [0.15, 0.2) is 0 Å². The molecule has 0 aliphatic rings. The van der Waals surface area contributed by atoms with Crippen LogP contribution in [-0.2, 0) is 6.54 Å². The Kier molecular flexibility index (Phi) is 5.20. The van der Waals surface area contributed by atoms with Gasteiger partial charge in [0.2, 0.25) is 0 Å². The molecular weight excluding hydrogens is 284 g/mol. The first kappa shape index (κ1) is 15.4. The summed E-state index contributed by atoms with van der Waals surface area (Å²) in [6.07, 6.45) is 3.35. The van der Waals surface area contributed by atoms with E-state index >= 15 is 0 Å². The molecule has 0 aliphatic heterocycles. The number of fused-ring (bicyclic) bond motifs is 1. The van der Waals surface area contributed by atoms with Gasteiger partial charge >= 0.3 is 0 Å². The summed E-state index contributed by atoms with van der Waals surface area (Å²) < 4.78 is 2.15. The Morgan fingerprint density at radius 3 is 2.71 bits per heavy atom. The molecule has 1 heterocycles. The third-order valence-electron chi connectivity index (χ3n) is 3.35. The van der Waals surface area contributed by atoms with Crippen molar-refractivity contribution in [2.75, 3.05) is 19.2 Å². The molecule has 0 radical (unpaired) electrons. The number of hydrogen-bond donors (Lipinski definition) is 2. The summed E-state index contributed by atoms with van der Waals surface area (Å²) in [5.41, 5.74) is 11.3. The number of benzene rings is 2. The standard InChI is InChI=1S/C15H16N4.CH3Cl/c1-17-13-7-6-12(16)8-11(13)9-19-10-18-14-4-2-3-5-15(14)19;1-2/h2-8,10,17H,9,16H2,1H3;1H3/p+1. The Bertz CT molecular complexity index is 721. The highest BCUT2D eigenvalue weighted by Gasteiger charge is 2.08. The molecule has 21 heavy (non-hydrogen) atoms. The molecule has 0 unspecified atom stereocenters. The molecule has 0 amide bonds. The highest BCUT2D eigenvalue weighted by molar-refractivity contribution is 6.15. The predicted molar refractivity (Wildman–Crippen MR) is 89.0 cm³/mol. The average molecular weight is 304 g/mol. The van der Waals surface area contributed by atoms with Crippen LogP contribution in [-0.4, -0.2) is 23.0 Å². The number of hydrogen-bond acceptors (Lipinski definition) is 2. The van der Waals surface area contributed by atoms with Crippen LogP contribution >= 0.6 is 11.6 Å². The summed E-state index contributed by atoms with van der Waals surface area (Å²) in [5.74, 6) is 0. The summed E-state index contributed by atoms with van der Waals surface area (Å²) in [5, 5.41) is 2.11. The topological polar surface area (TPSA) is 60.4 Å². The molecular formula is C16H20ClN4+. The number of anilines is 1. The summed E-state index contributed by atoms with van der Waals surface area (Å²) in [4.78, 5) is 4.41. The van der Waals surface area contributed by atoms with Gasteiger partial charge in [-0.15, -0.1) is 11.6 Å². The van der Waals surface area contributed by atoms with Crippen molar-refractivity contribution in [3.63, 3.8) is 0 Å². The molecule has 0 bridgehead atoms. The van der Waals surface area contributed by atoms with E-state index in [0.717, 1.165) is 23.3 Å². The number of halogens is 1. The Labute approximate surface area is 129 Å². The number of alkyl halides is 1. The molecule has 0 atom stereocenters. The number of para-hydroxylation sites is 2. The second kappa shape index (κ2) is 7.11. The van der Waals surface area contributed by atoms with E-state index in [2.05, 4.69) is 38.6 Å². The van der Waals surface area contributed by atoms with Crippen LogP contribution in [0, 0.1) is 0 Å². The van der Waals surface area contributed by atoms with Crippen molar-refractivity contribution in [3.05, 3.63) is 54.4 Å². The number of aromatic nitrogens is 2. The zero-order chi connectivity index (χ0) is 15.2. The number of nitrogen functional groups attached to an aromatic ring is 1. The molecule has 2 aromatic carbocycles. The third kappa shape index (κ3) is 3.35. The Morgan fingerprint density at radius 2 is 1.95 bits per heavy atom. The van der Waals surface area contributed by atoms with Crippen molar-refractivity contribution in [3.8, 4) is 0 Å². The lowest BCUT2D eigenvalue weighted by Crippen LogP contribution is -2.73. The molecule has 110 valence electrons. The van der Waals surface area contributed by atoms with Gasteiger partial charge in [0, 0.05) is 23.7 Å². The summed E-state index contributed by atoms with van der Waals surface area (Å²) in [6, 6.07) is 14.2. The Balaban J connectivity index is 0.000000774. The van der Waals surface area contributed by atoms with Crippen LogP contribution in [0.1, 0.15) is 5.56 Å². The van der Waals surface area contributed by atoms with Crippen LogP contribution in [0.25, 0.3) is 11.0 Å². The first-order valence-corrected chi connectivity index (χ1v) is 7.49. The lowest BCUT2D eigenvalue weighted by Gasteiger charge is -2.08. The average Bonchev–Trinajstić information content (AvgIpc) is 2.93. The van der Waals surface area contributed by atoms with Gasteiger partial charge in [-0.1, -0.05) is 12.1 Å². The van der Waals surface area contributed by atoms with Crippen molar-refractivity contribution >= 4 is 34.0 Å². The summed E-state index contributed by atoms with van der Waals surface area (Å²) in [6.45, 7) is 0.783. The maximum Gasteiger partial charge on any atom is 0.134 e. The van der Waals surface area contributed by atoms with Crippen molar-refractivity contribution in [1.29, 1.82) is 0 Å². The van der Waals surface area contributed by atoms with E-state index in [4.69, 9.17) is 5.73 Å². The van der Waals surface area contributed by atoms with Gasteiger partial charge in [-0.3, -0.25) is 0 Å². The van der Waals surface area contributed by atoms with Gasteiger partial charge in [-0.25, -0.2) is 4.98 Å². The predicted octanol–water partition coefficient (Wildman–Crippen LogP) is 2.35. The maximum atomic E-state index is 5.89. The number of rotatable bonds is 3. The number of imidazole rings is 1. The van der Waals surface area contributed by atoms with Gasteiger partial charge in [-0.2, -0.15) is 0 Å². The molecule has 4 nitrogen and oxygen atoms in total. The van der Waals surface area contributed by atoms with Crippen molar-refractivity contribution < 1.29 is 5.32 Å². The van der Waals surface area contributed by atoms with Crippen molar-refractivity contribution in [2.24, 2.45) is 0 Å². The van der Waals surface area contributed by atoms with Crippen LogP contribution in [0.3, 0.4) is 0 Å². The third-order valence-corrected chi connectivity index (χ3v) is 3.35. The minimum absolute atomic E-state index is 0.783. The number of quaternary nitrogens is 1. The molecule has 0 spiro atoms. The van der Waals surface area contributed by atoms with Gasteiger partial charge < -0.3 is 15.6 Å².